The highest BCUT2D eigenvalue weighted by molar-refractivity contribution is 5.95. The molecule has 1 aliphatic rings. The Hall–Kier alpha value is -4.07. The van der Waals surface area contributed by atoms with Crippen molar-refractivity contribution >= 4 is 17.5 Å². The molecule has 1 atom stereocenters. The first-order chi connectivity index (χ1) is 17.8. The van der Waals surface area contributed by atoms with Gasteiger partial charge in [0.25, 0.3) is 11.5 Å². The maximum absolute atomic E-state index is 13.9. The van der Waals surface area contributed by atoms with Gasteiger partial charge in [0, 0.05) is 36.2 Å². The molecule has 0 saturated carbocycles. The van der Waals surface area contributed by atoms with Crippen molar-refractivity contribution < 1.29 is 9.59 Å². The summed E-state index contributed by atoms with van der Waals surface area (Å²) in [6.07, 6.45) is 0.963. The number of nitrogens with two attached hydrogens (primary N) is 1. The fourth-order valence-corrected chi connectivity index (χ4v) is 4.78. The molecule has 0 bridgehead atoms. The van der Waals surface area contributed by atoms with E-state index in [2.05, 4.69) is 4.99 Å². The van der Waals surface area contributed by atoms with E-state index in [9.17, 15) is 14.4 Å². The molecule has 1 aliphatic heterocycles. The maximum Gasteiger partial charge on any atom is 0.257 e. The third-order valence-electron chi connectivity index (χ3n) is 6.68. The largest absolute Gasteiger partial charge is 0.370 e. The van der Waals surface area contributed by atoms with Crippen LogP contribution in [0.3, 0.4) is 0 Å². The topological polar surface area (TPSA) is 111 Å². The van der Waals surface area contributed by atoms with Crippen LogP contribution in [-0.4, -0.2) is 38.5 Å². The summed E-state index contributed by atoms with van der Waals surface area (Å²) in [7, 11) is 0. The van der Waals surface area contributed by atoms with Gasteiger partial charge in [-0.15, -0.1) is 0 Å². The number of aliphatic imine (C=N–C) groups is 1. The van der Waals surface area contributed by atoms with Crippen LogP contribution >= 0.6 is 0 Å². The van der Waals surface area contributed by atoms with Crippen molar-refractivity contribution in [1.29, 1.82) is 0 Å². The molecule has 0 spiro atoms. The summed E-state index contributed by atoms with van der Waals surface area (Å²) in [6, 6.07) is 16.5. The molecule has 2 amide bonds. The molecule has 0 saturated heterocycles. The van der Waals surface area contributed by atoms with E-state index in [0.717, 1.165) is 16.8 Å². The van der Waals surface area contributed by atoms with Crippen molar-refractivity contribution in [3.8, 4) is 0 Å². The third kappa shape index (κ3) is 5.85. The summed E-state index contributed by atoms with van der Waals surface area (Å²) in [5, 5.41) is 0. The quantitative estimate of drug-likeness (QED) is 0.485. The fraction of sp³-hybridized carbons (Fsp3) is 0.345. The Balaban J connectivity index is 1.86. The van der Waals surface area contributed by atoms with Crippen LogP contribution in [0.5, 0.6) is 0 Å². The van der Waals surface area contributed by atoms with Gasteiger partial charge in [0.15, 0.2) is 0 Å². The number of aryl methyl sites for hydroxylation is 1. The molecule has 8 heteroatoms. The normalized spacial score (nSPS) is 13.4. The van der Waals surface area contributed by atoms with Crippen molar-refractivity contribution in [1.82, 2.24) is 14.5 Å². The average molecular weight is 500 g/mol. The highest BCUT2D eigenvalue weighted by Crippen LogP contribution is 2.27. The molecule has 8 nitrogen and oxygen atoms in total. The molecule has 0 fully saturated rings. The molecule has 3 aromatic rings. The molecule has 2 N–H and O–H groups in total. The molecule has 37 heavy (non-hydrogen) atoms. The Labute approximate surface area is 216 Å². The zero-order chi connectivity index (χ0) is 26.5. The Bertz CT molecular complexity index is 1390. The van der Waals surface area contributed by atoms with E-state index in [1.54, 1.807) is 15.5 Å². The highest BCUT2D eigenvalue weighted by atomic mass is 16.2. The molecule has 0 aliphatic carbocycles. The number of primary amides is 1. The van der Waals surface area contributed by atoms with E-state index < -0.39 is 11.9 Å². The van der Waals surface area contributed by atoms with Crippen LogP contribution in [0.2, 0.25) is 0 Å². The molecular formula is C29H33N5O3. The van der Waals surface area contributed by atoms with Gasteiger partial charge in [-0.05, 0) is 38.0 Å². The average Bonchev–Trinajstić information content (AvgIpc) is 2.89. The van der Waals surface area contributed by atoms with Crippen LogP contribution in [0.15, 0.2) is 64.4 Å². The highest BCUT2D eigenvalue weighted by Gasteiger charge is 2.31. The third-order valence-corrected chi connectivity index (χ3v) is 6.68. The number of fused-ring (bicyclic) bond motifs is 1. The lowest BCUT2D eigenvalue weighted by Crippen LogP contribution is -2.42. The van der Waals surface area contributed by atoms with Gasteiger partial charge in [-0.2, -0.15) is 0 Å². The predicted molar refractivity (Wildman–Crippen MR) is 144 cm³/mol. The standard InChI is InChI=1S/C29H33N5O3/c1-4-25(33(14-13-26(30)35)28(36)22-12-8-9-19(2)15-22)27-32-24-17-31-20(3)16-23(24)29(37)34(27)18-21-10-6-5-7-11-21/h5-12,15,25H,4,13-14,16-18H2,1-3H3,(H2,30,35). The second-order valence-electron chi connectivity index (χ2n) is 9.51. The van der Waals surface area contributed by atoms with Gasteiger partial charge >= 0.3 is 0 Å². The van der Waals surface area contributed by atoms with Crippen molar-refractivity contribution in [3.05, 3.63) is 98.7 Å². The predicted octanol–water partition coefficient (Wildman–Crippen LogP) is 3.59. The lowest BCUT2D eigenvalue weighted by Gasteiger charge is -2.33. The van der Waals surface area contributed by atoms with E-state index in [4.69, 9.17) is 10.7 Å². The molecular weight excluding hydrogens is 466 g/mol. The summed E-state index contributed by atoms with van der Waals surface area (Å²) in [6.45, 7) is 6.57. The number of rotatable bonds is 9. The number of hydrogen-bond donors (Lipinski definition) is 1. The van der Waals surface area contributed by atoms with Crippen LogP contribution in [0.25, 0.3) is 0 Å². The first-order valence-corrected chi connectivity index (χ1v) is 12.6. The monoisotopic (exact) mass is 499 g/mol. The number of aromatic nitrogens is 2. The van der Waals surface area contributed by atoms with Crippen LogP contribution in [0, 0.1) is 6.92 Å². The number of benzene rings is 2. The molecule has 1 aromatic heterocycles. The van der Waals surface area contributed by atoms with Crippen molar-refractivity contribution in [2.45, 2.75) is 59.2 Å². The summed E-state index contributed by atoms with van der Waals surface area (Å²) < 4.78 is 1.68. The van der Waals surface area contributed by atoms with Crippen LogP contribution < -0.4 is 11.3 Å². The van der Waals surface area contributed by atoms with E-state index >= 15 is 0 Å². The van der Waals surface area contributed by atoms with Crippen molar-refractivity contribution in [2.24, 2.45) is 10.7 Å². The minimum atomic E-state index is -0.541. The first-order valence-electron chi connectivity index (χ1n) is 12.6. The lowest BCUT2D eigenvalue weighted by atomic mass is 10.0. The Morgan fingerprint density at radius 1 is 1.11 bits per heavy atom. The second-order valence-corrected chi connectivity index (χ2v) is 9.51. The second kappa shape index (κ2) is 11.3. The van der Waals surface area contributed by atoms with Gasteiger partial charge < -0.3 is 10.6 Å². The molecule has 4 rings (SSSR count). The lowest BCUT2D eigenvalue weighted by molar-refractivity contribution is -0.118. The SMILES string of the molecule is CCC(c1nc2c(c(=O)n1Cc1ccccc1)CC(C)=NC2)N(CCC(N)=O)C(=O)c1cccc(C)c1. The molecule has 2 aromatic carbocycles. The zero-order valence-corrected chi connectivity index (χ0v) is 21.6. The summed E-state index contributed by atoms with van der Waals surface area (Å²) >= 11 is 0. The van der Waals surface area contributed by atoms with Crippen molar-refractivity contribution in [2.75, 3.05) is 6.54 Å². The van der Waals surface area contributed by atoms with Gasteiger partial charge in [-0.3, -0.25) is 23.9 Å². The van der Waals surface area contributed by atoms with Gasteiger partial charge in [-0.1, -0.05) is 55.0 Å². The van der Waals surface area contributed by atoms with Gasteiger partial charge in [0.05, 0.1) is 24.8 Å². The molecule has 2 heterocycles. The van der Waals surface area contributed by atoms with Gasteiger partial charge in [0.1, 0.15) is 5.82 Å². The van der Waals surface area contributed by atoms with Crippen molar-refractivity contribution in [3.63, 3.8) is 0 Å². The van der Waals surface area contributed by atoms with Gasteiger partial charge in [-0.25, -0.2) is 4.98 Å². The number of nitrogens with zero attached hydrogens (tertiary/aromatic N) is 4. The van der Waals surface area contributed by atoms with Crippen LogP contribution in [0.4, 0.5) is 0 Å². The van der Waals surface area contributed by atoms with Crippen LogP contribution in [0.1, 0.15) is 71.3 Å². The maximum atomic E-state index is 13.9. The summed E-state index contributed by atoms with van der Waals surface area (Å²) in [5.41, 5.74) is 9.98. The number of amides is 2. The first kappa shape index (κ1) is 26.0. The Morgan fingerprint density at radius 2 is 1.86 bits per heavy atom. The minimum absolute atomic E-state index is 0.00536. The van der Waals surface area contributed by atoms with E-state index in [1.807, 2.05) is 69.3 Å². The molecule has 192 valence electrons. The smallest absolute Gasteiger partial charge is 0.257 e. The number of carbonyl (C=O) groups is 2. The number of carbonyl (C=O) groups excluding carboxylic acids is 2. The molecule has 1 unspecified atom stereocenters. The van der Waals surface area contributed by atoms with E-state index in [0.29, 0.717) is 48.6 Å². The fourth-order valence-electron chi connectivity index (χ4n) is 4.78. The van der Waals surface area contributed by atoms with Gasteiger partial charge in [0.2, 0.25) is 5.91 Å². The van der Waals surface area contributed by atoms with E-state index in [-0.39, 0.29) is 24.4 Å². The number of hydrogen-bond acceptors (Lipinski definition) is 5. The zero-order valence-electron chi connectivity index (χ0n) is 21.6. The van der Waals surface area contributed by atoms with Crippen LogP contribution in [-0.2, 0) is 24.3 Å². The minimum Gasteiger partial charge on any atom is -0.370 e. The Morgan fingerprint density at radius 3 is 2.54 bits per heavy atom. The summed E-state index contributed by atoms with van der Waals surface area (Å²) in [5.74, 6) is -0.235. The Kier molecular flexibility index (Phi) is 7.96. The van der Waals surface area contributed by atoms with E-state index in [1.165, 1.54) is 0 Å². The molecule has 0 radical (unpaired) electrons. The summed E-state index contributed by atoms with van der Waals surface area (Å²) in [4.78, 5) is 50.5.